The van der Waals surface area contributed by atoms with Crippen LogP contribution in [0.4, 0.5) is 0 Å². The number of hydrogen-bond acceptors (Lipinski definition) is 3. The van der Waals surface area contributed by atoms with E-state index < -0.39 is 0 Å². The van der Waals surface area contributed by atoms with E-state index >= 15 is 0 Å². The molecular weight excluding hydrogens is 132 g/mol. The fraction of sp³-hybridized carbons (Fsp3) is 0.167. The number of nitrogens with two attached hydrogens (primary N) is 2. The molecule has 3 heteroatoms. The van der Waals surface area contributed by atoms with Crippen LogP contribution in [0.2, 0.25) is 0 Å². The highest BCUT2D eigenvalue weighted by Crippen LogP contribution is 2.07. The van der Waals surface area contributed by atoms with E-state index in [1.54, 1.807) is 12.2 Å². The van der Waals surface area contributed by atoms with Crippen molar-refractivity contribution in [3.05, 3.63) is 23.5 Å². The zero-order chi connectivity index (χ0) is 6.85. The van der Waals surface area contributed by atoms with E-state index in [2.05, 4.69) is 0 Å². The van der Waals surface area contributed by atoms with Gasteiger partial charge >= 0.3 is 0 Å². The van der Waals surface area contributed by atoms with Crippen LogP contribution in [-0.4, -0.2) is 4.86 Å². The maximum Gasteiger partial charge on any atom is 0.0342 e. The van der Waals surface area contributed by atoms with Crippen LogP contribution in [0.15, 0.2) is 23.5 Å². The lowest BCUT2D eigenvalue weighted by Gasteiger charge is -2.06. The van der Waals surface area contributed by atoms with E-state index in [1.165, 1.54) is 0 Å². The van der Waals surface area contributed by atoms with Crippen LogP contribution in [0, 0.1) is 0 Å². The van der Waals surface area contributed by atoms with Gasteiger partial charge in [-0.15, -0.1) is 0 Å². The highest BCUT2D eigenvalue weighted by molar-refractivity contribution is 7.80. The van der Waals surface area contributed by atoms with Gasteiger partial charge in [-0.3, -0.25) is 0 Å². The van der Waals surface area contributed by atoms with Crippen LogP contribution in [-0.2, 0) is 0 Å². The smallest absolute Gasteiger partial charge is 0.0342 e. The molecule has 0 radical (unpaired) electrons. The van der Waals surface area contributed by atoms with Crippen LogP contribution in [0.5, 0.6) is 0 Å². The Bertz CT molecular complexity index is 203. The second-order valence-corrected chi connectivity index (χ2v) is 2.53. The SMILES string of the molecule is NC1=CC(=S)CC(N)=C1. The largest absolute Gasteiger partial charge is 0.402 e. The van der Waals surface area contributed by atoms with Crippen molar-refractivity contribution in [2.75, 3.05) is 0 Å². The van der Waals surface area contributed by atoms with Crippen molar-refractivity contribution in [3.8, 4) is 0 Å². The summed E-state index contributed by atoms with van der Waals surface area (Å²) in [7, 11) is 0. The molecule has 1 aliphatic rings. The predicted octanol–water partition coefficient (Wildman–Crippen LogP) is 0.445. The first-order valence-electron chi connectivity index (χ1n) is 2.64. The Hall–Kier alpha value is -0.830. The molecule has 0 unspecified atom stereocenters. The second-order valence-electron chi connectivity index (χ2n) is 2.01. The number of rotatable bonds is 0. The Morgan fingerprint density at radius 3 is 2.44 bits per heavy atom. The minimum atomic E-state index is 0.656. The predicted molar refractivity (Wildman–Crippen MR) is 41.8 cm³/mol. The normalized spacial score (nSPS) is 18.9. The van der Waals surface area contributed by atoms with Gasteiger partial charge in [-0.05, 0) is 12.2 Å². The minimum Gasteiger partial charge on any atom is -0.402 e. The summed E-state index contributed by atoms with van der Waals surface area (Å²) in [5.41, 5.74) is 12.3. The van der Waals surface area contributed by atoms with E-state index in [4.69, 9.17) is 23.7 Å². The lowest BCUT2D eigenvalue weighted by molar-refractivity contribution is 1.18. The average molecular weight is 140 g/mol. The maximum atomic E-state index is 5.47. The third-order valence-electron chi connectivity index (χ3n) is 1.06. The molecular formula is C6H8N2S. The zero-order valence-corrected chi connectivity index (χ0v) is 5.74. The van der Waals surface area contributed by atoms with Gasteiger partial charge in [0.2, 0.25) is 0 Å². The summed E-state index contributed by atoms with van der Waals surface area (Å²) in [4.78, 5) is 0.813. The average Bonchev–Trinajstić information content (AvgIpc) is 1.59. The lowest BCUT2D eigenvalue weighted by Crippen LogP contribution is -2.11. The molecule has 0 amide bonds. The quantitative estimate of drug-likeness (QED) is 0.480. The van der Waals surface area contributed by atoms with Crippen molar-refractivity contribution >= 4 is 17.1 Å². The summed E-state index contributed by atoms with van der Waals surface area (Å²) >= 11 is 4.88. The van der Waals surface area contributed by atoms with Crippen molar-refractivity contribution in [2.45, 2.75) is 6.42 Å². The summed E-state index contributed by atoms with van der Waals surface area (Å²) in [5, 5.41) is 0. The molecule has 0 fully saturated rings. The molecule has 0 bridgehead atoms. The van der Waals surface area contributed by atoms with E-state index in [1.807, 2.05) is 0 Å². The maximum absolute atomic E-state index is 5.47. The minimum absolute atomic E-state index is 0.656. The standard InChI is InChI=1S/C6H8N2S/c7-4-1-5(8)3-6(9)2-4/h1-2H,3,7-8H2. The summed E-state index contributed by atoms with van der Waals surface area (Å²) in [6.45, 7) is 0. The first-order valence-corrected chi connectivity index (χ1v) is 3.05. The lowest BCUT2D eigenvalue weighted by atomic mass is 10.1. The Morgan fingerprint density at radius 1 is 1.33 bits per heavy atom. The van der Waals surface area contributed by atoms with Gasteiger partial charge in [0.25, 0.3) is 0 Å². The van der Waals surface area contributed by atoms with Gasteiger partial charge in [-0.25, -0.2) is 0 Å². The molecule has 0 saturated heterocycles. The molecule has 0 heterocycles. The third kappa shape index (κ3) is 1.54. The fourth-order valence-corrected chi connectivity index (χ4v) is 1.05. The molecule has 0 aromatic heterocycles. The number of allylic oxidation sites excluding steroid dienone is 3. The van der Waals surface area contributed by atoms with Gasteiger partial charge in [-0.2, -0.15) is 0 Å². The van der Waals surface area contributed by atoms with E-state index in [0.717, 1.165) is 10.6 Å². The van der Waals surface area contributed by atoms with Crippen molar-refractivity contribution in [1.29, 1.82) is 0 Å². The Morgan fingerprint density at radius 2 is 2.00 bits per heavy atom. The fourth-order valence-electron chi connectivity index (χ4n) is 0.745. The van der Waals surface area contributed by atoms with E-state index in [9.17, 15) is 0 Å². The zero-order valence-electron chi connectivity index (χ0n) is 4.92. The molecule has 0 atom stereocenters. The molecule has 4 N–H and O–H groups in total. The summed E-state index contributed by atoms with van der Waals surface area (Å²) in [6.07, 6.45) is 4.16. The van der Waals surface area contributed by atoms with Crippen molar-refractivity contribution < 1.29 is 0 Å². The third-order valence-corrected chi connectivity index (χ3v) is 1.32. The molecule has 1 rings (SSSR count). The van der Waals surface area contributed by atoms with Crippen LogP contribution in [0.1, 0.15) is 6.42 Å². The van der Waals surface area contributed by atoms with E-state index in [0.29, 0.717) is 12.1 Å². The summed E-state index contributed by atoms with van der Waals surface area (Å²) in [6, 6.07) is 0. The Balaban J connectivity index is 2.86. The molecule has 0 aromatic rings. The van der Waals surface area contributed by atoms with Crippen molar-refractivity contribution in [2.24, 2.45) is 11.5 Å². The monoisotopic (exact) mass is 140 g/mol. The number of thiocarbonyl (C=S) groups is 1. The second kappa shape index (κ2) is 2.19. The van der Waals surface area contributed by atoms with Gasteiger partial charge < -0.3 is 11.5 Å². The topological polar surface area (TPSA) is 52.0 Å². The van der Waals surface area contributed by atoms with Crippen LogP contribution in [0.3, 0.4) is 0 Å². The van der Waals surface area contributed by atoms with Crippen molar-refractivity contribution in [1.82, 2.24) is 0 Å². The molecule has 0 aromatic carbocycles. The molecule has 0 saturated carbocycles. The molecule has 1 aliphatic carbocycles. The Labute approximate surface area is 59.2 Å². The molecule has 48 valence electrons. The van der Waals surface area contributed by atoms with Crippen LogP contribution >= 0.6 is 12.2 Å². The van der Waals surface area contributed by atoms with Crippen LogP contribution in [0.25, 0.3) is 0 Å². The van der Waals surface area contributed by atoms with E-state index in [-0.39, 0.29) is 0 Å². The first kappa shape index (κ1) is 6.29. The van der Waals surface area contributed by atoms with Crippen molar-refractivity contribution in [3.63, 3.8) is 0 Å². The van der Waals surface area contributed by atoms with Gasteiger partial charge in [0.15, 0.2) is 0 Å². The number of hydrogen-bond donors (Lipinski definition) is 2. The van der Waals surface area contributed by atoms with Gasteiger partial charge in [0.1, 0.15) is 0 Å². The van der Waals surface area contributed by atoms with Crippen LogP contribution < -0.4 is 11.5 Å². The first-order chi connectivity index (χ1) is 4.18. The Kier molecular flexibility index (Phi) is 1.53. The van der Waals surface area contributed by atoms with Gasteiger partial charge in [-0.1, -0.05) is 12.2 Å². The molecule has 0 spiro atoms. The highest BCUT2D eigenvalue weighted by atomic mass is 32.1. The summed E-state index contributed by atoms with van der Waals surface area (Å²) in [5.74, 6) is 0. The van der Waals surface area contributed by atoms with Gasteiger partial charge in [0.05, 0.1) is 0 Å². The summed E-state index contributed by atoms with van der Waals surface area (Å²) < 4.78 is 0. The molecule has 0 aliphatic heterocycles. The highest BCUT2D eigenvalue weighted by Gasteiger charge is 2.02. The van der Waals surface area contributed by atoms with Gasteiger partial charge in [0, 0.05) is 22.7 Å². The molecule has 9 heavy (non-hydrogen) atoms. The molecule has 2 nitrogen and oxygen atoms in total.